The lowest BCUT2D eigenvalue weighted by Crippen LogP contribution is -2.25. The molecule has 0 amide bonds. The quantitative estimate of drug-likeness (QED) is 0.657. The molecule has 2 nitrogen and oxygen atoms in total. The van der Waals surface area contributed by atoms with Crippen LogP contribution < -0.4 is 0 Å². The average Bonchev–Trinajstić information content (AvgIpc) is 2.03. The minimum absolute atomic E-state index is 0.293. The standard InChI is InChI=1S/C8H15ClO2S/c1-7(12(9,10)11)8-5-3-2-4-6-8/h7-8H,2-6H2,1H3. The van der Waals surface area contributed by atoms with Gasteiger partial charge in [-0.25, -0.2) is 8.42 Å². The van der Waals surface area contributed by atoms with Crippen LogP contribution in [0, 0.1) is 5.92 Å². The fourth-order valence-electron chi connectivity index (χ4n) is 1.83. The summed E-state index contributed by atoms with van der Waals surface area (Å²) in [4.78, 5) is 0. The van der Waals surface area contributed by atoms with E-state index >= 15 is 0 Å². The Hall–Kier alpha value is 0.240. The van der Waals surface area contributed by atoms with Crippen molar-refractivity contribution in [2.24, 2.45) is 5.92 Å². The van der Waals surface area contributed by atoms with Gasteiger partial charge in [-0.2, -0.15) is 0 Å². The highest BCUT2D eigenvalue weighted by Crippen LogP contribution is 2.30. The maximum atomic E-state index is 11.0. The molecule has 0 spiro atoms. The smallest absolute Gasteiger partial charge is 0.212 e. The normalized spacial score (nSPS) is 23.8. The van der Waals surface area contributed by atoms with Gasteiger partial charge in [-0.1, -0.05) is 19.3 Å². The molecular weight excluding hydrogens is 196 g/mol. The lowest BCUT2D eigenvalue weighted by Gasteiger charge is -2.25. The zero-order valence-corrected chi connectivity index (χ0v) is 8.87. The SMILES string of the molecule is CC(C1CCCCC1)S(=O)(=O)Cl. The summed E-state index contributed by atoms with van der Waals surface area (Å²) in [7, 11) is 1.96. The summed E-state index contributed by atoms with van der Waals surface area (Å²) in [5, 5.41) is -0.362. The minimum atomic E-state index is -3.33. The molecule has 0 radical (unpaired) electrons. The van der Waals surface area contributed by atoms with E-state index in [-0.39, 0.29) is 5.25 Å². The van der Waals surface area contributed by atoms with Gasteiger partial charge in [-0.15, -0.1) is 0 Å². The summed E-state index contributed by atoms with van der Waals surface area (Å²) < 4.78 is 22.0. The van der Waals surface area contributed by atoms with Gasteiger partial charge < -0.3 is 0 Å². The monoisotopic (exact) mass is 210 g/mol. The first-order valence-corrected chi connectivity index (χ1v) is 6.82. The molecule has 4 heteroatoms. The van der Waals surface area contributed by atoms with Crippen molar-refractivity contribution in [2.45, 2.75) is 44.3 Å². The van der Waals surface area contributed by atoms with Gasteiger partial charge in [0.05, 0.1) is 5.25 Å². The first-order valence-electron chi connectivity index (χ1n) is 4.45. The predicted octanol–water partition coefficient (Wildman–Crippen LogP) is 2.52. The lowest BCUT2D eigenvalue weighted by molar-refractivity contribution is 0.350. The molecule has 72 valence electrons. The fourth-order valence-corrected chi connectivity index (χ4v) is 3.00. The predicted molar refractivity (Wildman–Crippen MR) is 50.8 cm³/mol. The molecule has 0 aromatic rings. The third kappa shape index (κ3) is 2.63. The van der Waals surface area contributed by atoms with E-state index < -0.39 is 9.05 Å². The Labute approximate surface area is 78.7 Å². The fraction of sp³-hybridized carbons (Fsp3) is 1.00. The summed E-state index contributed by atoms with van der Waals surface area (Å²) in [6, 6.07) is 0. The topological polar surface area (TPSA) is 34.1 Å². The van der Waals surface area contributed by atoms with Crippen LogP contribution in [0.15, 0.2) is 0 Å². The third-order valence-electron chi connectivity index (χ3n) is 2.76. The van der Waals surface area contributed by atoms with E-state index in [1.807, 2.05) is 0 Å². The summed E-state index contributed by atoms with van der Waals surface area (Å²) in [6.45, 7) is 1.72. The van der Waals surface area contributed by atoms with Gasteiger partial charge in [0.25, 0.3) is 0 Å². The molecule has 0 heterocycles. The van der Waals surface area contributed by atoms with E-state index in [0.717, 1.165) is 25.7 Å². The lowest BCUT2D eigenvalue weighted by atomic mass is 9.87. The summed E-state index contributed by atoms with van der Waals surface area (Å²) in [5.41, 5.74) is 0. The Morgan fingerprint density at radius 1 is 1.25 bits per heavy atom. The molecular formula is C8H15ClO2S. The highest BCUT2D eigenvalue weighted by molar-refractivity contribution is 8.14. The Balaban J connectivity index is 2.57. The molecule has 0 bridgehead atoms. The van der Waals surface area contributed by atoms with Crippen molar-refractivity contribution in [2.75, 3.05) is 0 Å². The Morgan fingerprint density at radius 2 is 1.75 bits per heavy atom. The summed E-state index contributed by atoms with van der Waals surface area (Å²) in [6.07, 6.45) is 5.59. The van der Waals surface area contributed by atoms with Crippen LogP contribution in [0.25, 0.3) is 0 Å². The van der Waals surface area contributed by atoms with Crippen molar-refractivity contribution in [1.82, 2.24) is 0 Å². The van der Waals surface area contributed by atoms with Gasteiger partial charge in [-0.05, 0) is 25.7 Å². The molecule has 0 N–H and O–H groups in total. The molecule has 1 saturated carbocycles. The summed E-state index contributed by atoms with van der Waals surface area (Å²) >= 11 is 0. The van der Waals surface area contributed by atoms with Crippen LogP contribution in [0.3, 0.4) is 0 Å². The van der Waals surface area contributed by atoms with Crippen molar-refractivity contribution in [3.63, 3.8) is 0 Å². The maximum absolute atomic E-state index is 11.0. The van der Waals surface area contributed by atoms with E-state index in [0.29, 0.717) is 5.92 Å². The Morgan fingerprint density at radius 3 is 2.17 bits per heavy atom. The van der Waals surface area contributed by atoms with E-state index in [1.54, 1.807) is 6.92 Å². The summed E-state index contributed by atoms with van der Waals surface area (Å²) in [5.74, 6) is 0.293. The largest absolute Gasteiger partial charge is 0.235 e. The first kappa shape index (κ1) is 10.3. The van der Waals surface area contributed by atoms with Crippen molar-refractivity contribution in [3.8, 4) is 0 Å². The van der Waals surface area contributed by atoms with Crippen LogP contribution in [0.5, 0.6) is 0 Å². The van der Waals surface area contributed by atoms with Gasteiger partial charge in [0.1, 0.15) is 0 Å². The van der Waals surface area contributed by atoms with Gasteiger partial charge in [0.15, 0.2) is 0 Å². The zero-order valence-electron chi connectivity index (χ0n) is 7.29. The molecule has 0 aromatic carbocycles. The number of halogens is 1. The molecule has 0 aliphatic heterocycles. The molecule has 1 aliphatic rings. The highest BCUT2D eigenvalue weighted by Gasteiger charge is 2.28. The third-order valence-corrected chi connectivity index (χ3v) is 4.87. The molecule has 1 fully saturated rings. The molecule has 12 heavy (non-hydrogen) atoms. The van der Waals surface area contributed by atoms with Crippen LogP contribution in [0.1, 0.15) is 39.0 Å². The van der Waals surface area contributed by atoms with Crippen molar-refractivity contribution < 1.29 is 8.42 Å². The van der Waals surface area contributed by atoms with Gasteiger partial charge in [0.2, 0.25) is 9.05 Å². The molecule has 1 unspecified atom stereocenters. The van der Waals surface area contributed by atoms with E-state index in [9.17, 15) is 8.42 Å². The van der Waals surface area contributed by atoms with Crippen LogP contribution in [0.4, 0.5) is 0 Å². The molecule has 0 aromatic heterocycles. The Kier molecular flexibility index (Phi) is 3.41. The number of rotatable bonds is 2. The Bertz CT molecular complexity index is 229. The van der Waals surface area contributed by atoms with Crippen molar-refractivity contribution >= 4 is 19.7 Å². The number of hydrogen-bond acceptors (Lipinski definition) is 2. The molecule has 0 saturated heterocycles. The zero-order chi connectivity index (χ0) is 9.19. The average molecular weight is 211 g/mol. The minimum Gasteiger partial charge on any atom is -0.212 e. The molecule has 1 aliphatic carbocycles. The van der Waals surface area contributed by atoms with Crippen molar-refractivity contribution in [1.29, 1.82) is 0 Å². The second-order valence-corrected chi connectivity index (χ2v) is 6.56. The van der Waals surface area contributed by atoms with Gasteiger partial charge in [0, 0.05) is 10.7 Å². The van der Waals surface area contributed by atoms with Crippen LogP contribution >= 0.6 is 10.7 Å². The second-order valence-electron chi connectivity index (χ2n) is 3.58. The van der Waals surface area contributed by atoms with Crippen molar-refractivity contribution in [3.05, 3.63) is 0 Å². The van der Waals surface area contributed by atoms with Crippen LogP contribution in [-0.4, -0.2) is 13.7 Å². The highest BCUT2D eigenvalue weighted by atomic mass is 35.7. The molecule has 1 rings (SSSR count). The second kappa shape index (κ2) is 3.97. The van der Waals surface area contributed by atoms with Crippen LogP contribution in [-0.2, 0) is 9.05 Å². The van der Waals surface area contributed by atoms with Crippen LogP contribution in [0.2, 0.25) is 0 Å². The van der Waals surface area contributed by atoms with E-state index in [2.05, 4.69) is 0 Å². The van der Waals surface area contributed by atoms with E-state index in [1.165, 1.54) is 6.42 Å². The van der Waals surface area contributed by atoms with Gasteiger partial charge in [-0.3, -0.25) is 0 Å². The molecule has 1 atom stereocenters. The maximum Gasteiger partial charge on any atom is 0.235 e. The van der Waals surface area contributed by atoms with E-state index in [4.69, 9.17) is 10.7 Å². The van der Waals surface area contributed by atoms with Gasteiger partial charge >= 0.3 is 0 Å². The first-order chi connectivity index (χ1) is 5.52. The number of hydrogen-bond donors (Lipinski definition) is 0.